The maximum Gasteiger partial charge on any atom is 0.285 e. The highest BCUT2D eigenvalue weighted by Gasteiger charge is 1.98. The van der Waals surface area contributed by atoms with Crippen LogP contribution in [0.15, 0.2) is 0 Å². The molecule has 0 N–H and O–H groups in total. The highest BCUT2D eigenvalue weighted by atomic mass is 35.6. The van der Waals surface area contributed by atoms with Crippen LogP contribution in [-0.2, 0) is 4.29 Å². The quantitative estimate of drug-likeness (QED) is 0.420. The van der Waals surface area contributed by atoms with E-state index in [1.54, 1.807) is 6.92 Å². The summed E-state index contributed by atoms with van der Waals surface area (Å²) in [4.78, 5) is 0. The van der Waals surface area contributed by atoms with Crippen LogP contribution in [0.1, 0.15) is 6.92 Å². The summed E-state index contributed by atoms with van der Waals surface area (Å²) in [6.45, 7) is 1.80. The molecule has 0 radical (unpaired) electrons. The Morgan fingerprint density at radius 2 is 2.17 bits per heavy atom. The molecular formula is C2H5ClO3. The van der Waals surface area contributed by atoms with Gasteiger partial charge < -0.3 is 9.32 Å². The topological polar surface area (TPSA) is 55.3 Å². The van der Waals surface area contributed by atoms with Crippen molar-refractivity contribution in [1.82, 2.24) is 0 Å². The summed E-state index contributed by atoms with van der Waals surface area (Å²) in [7, 11) is -2.03. The molecule has 0 unspecified atom stereocenters. The van der Waals surface area contributed by atoms with Crippen molar-refractivity contribution in [1.29, 1.82) is 0 Å². The molecule has 0 rings (SSSR count). The SMILES string of the molecule is CCO[Cl+2]([O-])[O-]. The molecule has 0 aromatic rings. The van der Waals surface area contributed by atoms with Gasteiger partial charge in [-0.1, -0.05) is 0 Å². The van der Waals surface area contributed by atoms with Gasteiger partial charge in [0, 0.05) is 4.29 Å². The zero-order valence-electron chi connectivity index (χ0n) is 3.31. The van der Waals surface area contributed by atoms with Gasteiger partial charge in [-0.15, -0.1) is 0 Å². The summed E-state index contributed by atoms with van der Waals surface area (Å²) in [5, 5.41) is 0. The molecule has 0 heterocycles. The molecule has 0 aromatic heterocycles. The largest absolute Gasteiger partial charge is 0.320 e. The van der Waals surface area contributed by atoms with E-state index in [1.165, 1.54) is 0 Å². The Bertz CT molecular complexity index is 30.0. The first-order chi connectivity index (χ1) is 2.77. The smallest absolute Gasteiger partial charge is 0.285 e. The van der Waals surface area contributed by atoms with E-state index < -0.39 is 10.8 Å². The summed E-state index contributed by atoms with van der Waals surface area (Å²) < 4.78 is 22.6. The van der Waals surface area contributed by atoms with E-state index in [9.17, 15) is 9.32 Å². The maximum absolute atomic E-state index is 9.34. The average Bonchev–Trinajstić information content (AvgIpc) is 1.35. The van der Waals surface area contributed by atoms with Crippen LogP contribution in [0.3, 0.4) is 0 Å². The van der Waals surface area contributed by atoms with E-state index in [2.05, 4.69) is 4.29 Å². The van der Waals surface area contributed by atoms with Gasteiger partial charge in [0.1, 0.15) is 0 Å². The third kappa shape index (κ3) is 4.17. The molecule has 3 nitrogen and oxygen atoms in total. The lowest BCUT2D eigenvalue weighted by Gasteiger charge is -1.86. The van der Waals surface area contributed by atoms with Crippen LogP contribution >= 0.6 is 0 Å². The summed E-state index contributed by atoms with van der Waals surface area (Å²) in [5.41, 5.74) is 0. The molecule has 0 spiro atoms. The van der Waals surface area contributed by atoms with Crippen LogP contribution in [0.25, 0.3) is 0 Å². The third-order valence-corrected chi connectivity index (χ3v) is 0.595. The summed E-state index contributed by atoms with van der Waals surface area (Å²) in [6, 6.07) is 0. The Morgan fingerprint density at radius 1 is 1.67 bits per heavy atom. The molecule has 4 heteroatoms. The van der Waals surface area contributed by atoms with E-state index in [0.29, 0.717) is 0 Å². The highest BCUT2D eigenvalue weighted by Crippen LogP contribution is 1.71. The lowest BCUT2D eigenvalue weighted by Crippen LogP contribution is -2.33. The van der Waals surface area contributed by atoms with Crippen molar-refractivity contribution in [2.45, 2.75) is 6.92 Å². The second-order valence-electron chi connectivity index (χ2n) is 0.587. The first-order valence-corrected chi connectivity index (χ1v) is 2.38. The van der Waals surface area contributed by atoms with Gasteiger partial charge in [0.2, 0.25) is 0 Å². The predicted octanol–water partition coefficient (Wildman–Crippen LogP) is -1.89. The minimum absolute atomic E-state index is 0.202. The van der Waals surface area contributed by atoms with E-state index in [0.717, 1.165) is 0 Å². The first kappa shape index (κ1) is 6.17. The lowest BCUT2D eigenvalue weighted by molar-refractivity contribution is -1.63. The molecule has 0 amide bonds. The standard InChI is InChI=1S/C2H5ClO3/c1-2-6-3(4)5/h2H2,1H3. The minimum Gasteiger partial charge on any atom is -0.320 e. The second-order valence-corrected chi connectivity index (χ2v) is 1.18. The number of hydrogen-bond acceptors (Lipinski definition) is 3. The Hall–Kier alpha value is 0.170. The monoisotopic (exact) mass is 112 g/mol. The Labute approximate surface area is 38.9 Å². The third-order valence-electron chi connectivity index (χ3n) is 0.198. The summed E-state index contributed by atoms with van der Waals surface area (Å²) >= 11 is 0. The van der Waals surface area contributed by atoms with Crippen molar-refractivity contribution in [2.24, 2.45) is 0 Å². The van der Waals surface area contributed by atoms with Gasteiger partial charge in [0.05, 0.1) is 0 Å². The van der Waals surface area contributed by atoms with Crippen molar-refractivity contribution in [3.8, 4) is 0 Å². The first-order valence-electron chi connectivity index (χ1n) is 1.46. The molecule has 0 saturated heterocycles. The van der Waals surface area contributed by atoms with Crippen LogP contribution in [0, 0.1) is 10.8 Å². The fourth-order valence-electron chi connectivity index (χ4n) is 0.0891. The minimum atomic E-state index is -2.03. The number of hydrogen-bond donors (Lipinski definition) is 0. The molecule has 0 aromatic carbocycles. The molecule has 6 heavy (non-hydrogen) atoms. The van der Waals surface area contributed by atoms with Crippen molar-refractivity contribution < 1.29 is 24.4 Å². The lowest BCUT2D eigenvalue weighted by atomic mass is 10.9. The average molecular weight is 113 g/mol. The number of halogens is 1. The van der Waals surface area contributed by atoms with Gasteiger partial charge in [-0.05, 0) is 6.92 Å². The molecular weight excluding hydrogens is 107 g/mol. The molecule has 0 atom stereocenters. The van der Waals surface area contributed by atoms with Crippen molar-refractivity contribution >= 4 is 0 Å². The van der Waals surface area contributed by atoms with E-state index >= 15 is 0 Å². The van der Waals surface area contributed by atoms with E-state index in [1.807, 2.05) is 0 Å². The summed E-state index contributed by atoms with van der Waals surface area (Å²) in [6.07, 6.45) is 0. The Balaban J connectivity index is 2.63. The molecule has 38 valence electrons. The van der Waals surface area contributed by atoms with Crippen LogP contribution in [-0.4, -0.2) is 6.61 Å². The molecule has 0 fully saturated rings. The van der Waals surface area contributed by atoms with Gasteiger partial charge in [-0.3, -0.25) is 0 Å². The van der Waals surface area contributed by atoms with Crippen molar-refractivity contribution in [3.05, 3.63) is 0 Å². The highest BCUT2D eigenvalue weighted by molar-refractivity contribution is 3.88. The second kappa shape index (κ2) is 3.36. The van der Waals surface area contributed by atoms with Gasteiger partial charge in [-0.2, -0.15) is 0 Å². The van der Waals surface area contributed by atoms with Crippen LogP contribution in [0.4, 0.5) is 0 Å². The molecule has 0 aliphatic rings. The molecule has 0 aliphatic heterocycles. The maximum atomic E-state index is 9.34. The van der Waals surface area contributed by atoms with Crippen LogP contribution in [0.5, 0.6) is 0 Å². The zero-order valence-corrected chi connectivity index (χ0v) is 4.07. The zero-order chi connectivity index (χ0) is 4.99. The van der Waals surface area contributed by atoms with E-state index in [-0.39, 0.29) is 6.61 Å². The van der Waals surface area contributed by atoms with Gasteiger partial charge in [0.15, 0.2) is 6.61 Å². The number of rotatable bonds is 2. The van der Waals surface area contributed by atoms with Gasteiger partial charge in [-0.25, -0.2) is 0 Å². The predicted molar refractivity (Wildman–Crippen MR) is 11.6 cm³/mol. The Kier molecular flexibility index (Phi) is 3.46. The fourth-order valence-corrected chi connectivity index (χ4v) is 0.267. The molecule has 0 bridgehead atoms. The summed E-state index contributed by atoms with van der Waals surface area (Å²) in [5.74, 6) is 0. The van der Waals surface area contributed by atoms with Crippen molar-refractivity contribution in [3.63, 3.8) is 0 Å². The Morgan fingerprint density at radius 3 is 2.17 bits per heavy atom. The van der Waals surface area contributed by atoms with E-state index in [4.69, 9.17) is 0 Å². The van der Waals surface area contributed by atoms with Gasteiger partial charge in [0.25, 0.3) is 10.8 Å². The molecule has 0 aliphatic carbocycles. The molecule has 0 saturated carbocycles. The van der Waals surface area contributed by atoms with Gasteiger partial charge >= 0.3 is 0 Å². The van der Waals surface area contributed by atoms with Crippen molar-refractivity contribution in [2.75, 3.05) is 6.61 Å². The van der Waals surface area contributed by atoms with Crippen LogP contribution < -0.4 is 9.32 Å². The fraction of sp³-hybridized carbons (Fsp3) is 1.00. The normalized spacial score (nSPS) is 10.0. The van der Waals surface area contributed by atoms with Crippen LogP contribution in [0.2, 0.25) is 0 Å².